The normalized spacial score (nSPS) is 13.5. The van der Waals surface area contributed by atoms with E-state index in [0.717, 1.165) is 18.4 Å². The van der Waals surface area contributed by atoms with Gasteiger partial charge in [-0.25, -0.2) is 8.42 Å². The van der Waals surface area contributed by atoms with Gasteiger partial charge in [-0.2, -0.15) is 0 Å². The van der Waals surface area contributed by atoms with Crippen LogP contribution in [-0.4, -0.2) is 26.5 Å². The van der Waals surface area contributed by atoms with Crippen molar-refractivity contribution in [3.8, 4) is 0 Å². The van der Waals surface area contributed by atoms with Crippen LogP contribution in [0.1, 0.15) is 18.4 Å². The number of nitrogens with two attached hydrogens (primary N) is 1. The van der Waals surface area contributed by atoms with E-state index in [2.05, 4.69) is 5.43 Å². The molecule has 1 rings (SSSR count). The lowest BCUT2D eigenvalue weighted by Gasteiger charge is -2.15. The predicted octanol–water partition coefficient (Wildman–Crippen LogP) is 1.54. The molecule has 0 aliphatic heterocycles. The maximum Gasteiger partial charge on any atom is 0.147 e. The van der Waals surface area contributed by atoms with E-state index in [9.17, 15) is 8.42 Å². The van der Waals surface area contributed by atoms with E-state index in [0.29, 0.717) is 11.4 Å². The van der Waals surface area contributed by atoms with Gasteiger partial charge in [0.2, 0.25) is 0 Å². The molecule has 0 amide bonds. The summed E-state index contributed by atoms with van der Waals surface area (Å²) in [5.74, 6) is 5.67. The molecule has 0 spiro atoms. The fourth-order valence-electron chi connectivity index (χ4n) is 1.78. The molecular formula is C12H19ClN2O2S. The smallest absolute Gasteiger partial charge is 0.147 e. The number of hydrazine groups is 1. The summed E-state index contributed by atoms with van der Waals surface area (Å²) in [4.78, 5) is 0. The number of halogens is 1. The van der Waals surface area contributed by atoms with Crippen LogP contribution < -0.4 is 11.3 Å². The van der Waals surface area contributed by atoms with E-state index in [1.54, 1.807) is 0 Å². The van der Waals surface area contributed by atoms with Crippen LogP contribution in [0.3, 0.4) is 0 Å². The van der Waals surface area contributed by atoms with Crippen molar-refractivity contribution in [2.24, 2.45) is 5.84 Å². The van der Waals surface area contributed by atoms with Crippen molar-refractivity contribution in [1.29, 1.82) is 0 Å². The number of hydrogen-bond donors (Lipinski definition) is 2. The van der Waals surface area contributed by atoms with Gasteiger partial charge in [0, 0.05) is 23.1 Å². The minimum absolute atomic E-state index is 0.0604. The summed E-state index contributed by atoms with van der Waals surface area (Å²) in [6, 6.07) is 7.64. The summed E-state index contributed by atoms with van der Waals surface area (Å²) < 4.78 is 22.1. The zero-order valence-electron chi connectivity index (χ0n) is 10.4. The second-order valence-electron chi connectivity index (χ2n) is 4.47. The highest BCUT2D eigenvalue weighted by Gasteiger charge is 2.10. The largest absolute Gasteiger partial charge is 0.271 e. The summed E-state index contributed by atoms with van der Waals surface area (Å²) in [6.45, 7) is 0. The Morgan fingerprint density at radius 1 is 1.44 bits per heavy atom. The van der Waals surface area contributed by atoms with Crippen molar-refractivity contribution >= 4 is 21.4 Å². The molecule has 18 heavy (non-hydrogen) atoms. The van der Waals surface area contributed by atoms with Crippen molar-refractivity contribution in [2.45, 2.75) is 25.3 Å². The minimum Gasteiger partial charge on any atom is -0.271 e. The van der Waals surface area contributed by atoms with Crippen LogP contribution in [0.2, 0.25) is 5.02 Å². The fourth-order valence-corrected chi connectivity index (χ4v) is 2.69. The highest BCUT2D eigenvalue weighted by molar-refractivity contribution is 7.90. The van der Waals surface area contributed by atoms with Crippen LogP contribution in [0, 0.1) is 0 Å². The zero-order chi connectivity index (χ0) is 13.6. The van der Waals surface area contributed by atoms with Crippen molar-refractivity contribution in [3.63, 3.8) is 0 Å². The second-order valence-corrected chi connectivity index (χ2v) is 7.17. The first kappa shape index (κ1) is 15.4. The Hall–Kier alpha value is -0.620. The molecular weight excluding hydrogens is 272 g/mol. The summed E-state index contributed by atoms with van der Waals surface area (Å²) in [5.41, 5.74) is 3.81. The van der Waals surface area contributed by atoms with E-state index in [1.165, 1.54) is 6.26 Å². The summed E-state index contributed by atoms with van der Waals surface area (Å²) >= 11 is 5.90. The van der Waals surface area contributed by atoms with E-state index in [1.807, 2.05) is 24.3 Å². The first-order valence-electron chi connectivity index (χ1n) is 5.79. The van der Waals surface area contributed by atoms with Crippen LogP contribution in [-0.2, 0) is 16.3 Å². The minimum atomic E-state index is -2.90. The van der Waals surface area contributed by atoms with E-state index in [-0.39, 0.29) is 11.8 Å². The van der Waals surface area contributed by atoms with Gasteiger partial charge in [0.1, 0.15) is 9.84 Å². The molecule has 0 fully saturated rings. The van der Waals surface area contributed by atoms with Crippen molar-refractivity contribution < 1.29 is 8.42 Å². The Balaban J connectivity index is 2.47. The van der Waals surface area contributed by atoms with Gasteiger partial charge in [-0.05, 0) is 37.0 Å². The molecule has 6 heteroatoms. The van der Waals surface area contributed by atoms with Crippen LogP contribution in [0.15, 0.2) is 24.3 Å². The quantitative estimate of drug-likeness (QED) is 0.590. The standard InChI is InChI=1S/C12H19ClN2O2S/c1-18(16,17)7-3-6-12(15-14)9-10-4-2-5-11(13)8-10/h2,4-5,8,12,15H,3,6-7,9,14H2,1H3. The molecule has 0 saturated carbocycles. The Bertz CT molecular complexity index is 477. The molecule has 0 saturated heterocycles. The molecule has 1 atom stereocenters. The molecule has 3 N–H and O–H groups in total. The molecule has 0 bridgehead atoms. The van der Waals surface area contributed by atoms with Gasteiger partial charge < -0.3 is 0 Å². The summed E-state index contributed by atoms with van der Waals surface area (Å²) in [7, 11) is -2.90. The molecule has 1 aromatic carbocycles. The van der Waals surface area contributed by atoms with E-state index in [4.69, 9.17) is 17.4 Å². The summed E-state index contributed by atoms with van der Waals surface area (Å²) in [5, 5.41) is 0.694. The van der Waals surface area contributed by atoms with Gasteiger partial charge in [0.05, 0.1) is 0 Å². The maximum atomic E-state index is 11.0. The highest BCUT2D eigenvalue weighted by atomic mass is 35.5. The van der Waals surface area contributed by atoms with Crippen LogP contribution in [0.5, 0.6) is 0 Å². The highest BCUT2D eigenvalue weighted by Crippen LogP contribution is 2.13. The fraction of sp³-hybridized carbons (Fsp3) is 0.500. The molecule has 4 nitrogen and oxygen atoms in total. The summed E-state index contributed by atoms with van der Waals surface area (Å²) in [6.07, 6.45) is 3.31. The third-order valence-electron chi connectivity index (χ3n) is 2.67. The first-order valence-corrected chi connectivity index (χ1v) is 8.23. The average Bonchev–Trinajstić information content (AvgIpc) is 2.26. The molecule has 0 aromatic heterocycles. The van der Waals surface area contributed by atoms with E-state index < -0.39 is 9.84 Å². The van der Waals surface area contributed by atoms with Gasteiger partial charge in [0.25, 0.3) is 0 Å². The maximum absolute atomic E-state index is 11.0. The van der Waals surface area contributed by atoms with Gasteiger partial charge in [0.15, 0.2) is 0 Å². The third-order valence-corrected chi connectivity index (χ3v) is 3.94. The number of nitrogens with one attached hydrogen (secondary N) is 1. The van der Waals surface area contributed by atoms with Crippen molar-refractivity contribution in [1.82, 2.24) is 5.43 Å². The van der Waals surface area contributed by atoms with Gasteiger partial charge in [-0.15, -0.1) is 0 Å². The topological polar surface area (TPSA) is 72.2 Å². The average molecular weight is 291 g/mol. The molecule has 1 aromatic rings. The zero-order valence-corrected chi connectivity index (χ0v) is 12.0. The van der Waals surface area contributed by atoms with Crippen molar-refractivity contribution in [3.05, 3.63) is 34.9 Å². The van der Waals surface area contributed by atoms with Crippen LogP contribution in [0.25, 0.3) is 0 Å². The number of rotatable bonds is 7. The monoisotopic (exact) mass is 290 g/mol. The molecule has 0 radical (unpaired) electrons. The number of benzene rings is 1. The van der Waals surface area contributed by atoms with Crippen LogP contribution >= 0.6 is 11.6 Å². The lowest BCUT2D eigenvalue weighted by atomic mass is 10.0. The van der Waals surface area contributed by atoms with Gasteiger partial charge >= 0.3 is 0 Å². The molecule has 102 valence electrons. The molecule has 0 aliphatic carbocycles. The van der Waals surface area contributed by atoms with Gasteiger partial charge in [-0.3, -0.25) is 11.3 Å². The molecule has 0 aliphatic rings. The van der Waals surface area contributed by atoms with Crippen LogP contribution in [0.4, 0.5) is 0 Å². The lowest BCUT2D eigenvalue weighted by Crippen LogP contribution is -2.37. The Morgan fingerprint density at radius 2 is 2.17 bits per heavy atom. The number of sulfone groups is 1. The lowest BCUT2D eigenvalue weighted by molar-refractivity contribution is 0.485. The Labute approximate surface area is 113 Å². The Morgan fingerprint density at radius 3 is 2.72 bits per heavy atom. The van der Waals surface area contributed by atoms with E-state index >= 15 is 0 Å². The number of hydrogen-bond acceptors (Lipinski definition) is 4. The second kappa shape index (κ2) is 7.09. The third kappa shape index (κ3) is 6.35. The predicted molar refractivity (Wildman–Crippen MR) is 75.2 cm³/mol. The van der Waals surface area contributed by atoms with Gasteiger partial charge in [-0.1, -0.05) is 23.7 Å². The first-order chi connectivity index (χ1) is 8.40. The molecule has 0 heterocycles. The van der Waals surface area contributed by atoms with Crippen molar-refractivity contribution in [2.75, 3.05) is 12.0 Å². The SMILES string of the molecule is CS(=O)(=O)CCCC(Cc1cccc(Cl)c1)NN. The Kier molecular flexibility index (Phi) is 6.08. The molecule has 1 unspecified atom stereocenters.